The summed E-state index contributed by atoms with van der Waals surface area (Å²) in [6, 6.07) is 45.1. The van der Waals surface area contributed by atoms with E-state index in [0.717, 1.165) is 29.8 Å². The van der Waals surface area contributed by atoms with Gasteiger partial charge in [0.15, 0.2) is 0 Å². The third-order valence-electron chi connectivity index (χ3n) is 13.2. The van der Waals surface area contributed by atoms with Gasteiger partial charge in [-0.2, -0.15) is 26.3 Å². The predicted octanol–water partition coefficient (Wildman–Crippen LogP) is 9.71. The molecule has 0 aliphatic carbocycles. The van der Waals surface area contributed by atoms with E-state index in [9.17, 15) is 60.2 Å². The number of nitrogens with one attached hydrogen (secondary N) is 2. The molecule has 9 rings (SSSR count). The average molecular weight is 1150 g/mol. The molecule has 7 aromatic rings. The number of hydrogen-bond acceptors (Lipinski definition) is 10. The first kappa shape index (κ1) is 59.3. The maximum Gasteiger partial charge on any atom is 0.417 e. The maximum absolute atomic E-state index is 13.3. The van der Waals surface area contributed by atoms with Gasteiger partial charge in [0.05, 0.1) is 35.3 Å². The first-order chi connectivity index (χ1) is 39.8. The number of phenolic OH excluding ortho intramolecular Hbond substituents is 1. The van der Waals surface area contributed by atoms with Crippen molar-refractivity contribution < 1.29 is 74.4 Å². The Labute approximate surface area is 472 Å². The molecular formula is C61H54F6N6O10. The summed E-state index contributed by atoms with van der Waals surface area (Å²) in [5.41, 5.74) is -1.12. The Morgan fingerprint density at radius 2 is 0.735 bits per heavy atom. The molecule has 22 heteroatoms. The van der Waals surface area contributed by atoms with Gasteiger partial charge in [-0.3, -0.25) is 28.8 Å². The minimum atomic E-state index is -4.65. The molecule has 2 aliphatic heterocycles. The lowest BCUT2D eigenvalue weighted by atomic mass is 10.1. The molecule has 3 N–H and O–H groups in total. The highest BCUT2D eigenvalue weighted by Crippen LogP contribution is 2.34. The molecule has 0 spiro atoms. The van der Waals surface area contributed by atoms with E-state index in [4.69, 9.17) is 14.2 Å². The van der Waals surface area contributed by atoms with Crippen molar-refractivity contribution in [3.05, 3.63) is 215 Å². The van der Waals surface area contributed by atoms with Crippen LogP contribution >= 0.6 is 0 Å². The second-order valence-electron chi connectivity index (χ2n) is 18.8. The van der Waals surface area contributed by atoms with Crippen molar-refractivity contribution >= 4 is 35.4 Å². The molecule has 0 saturated carbocycles. The van der Waals surface area contributed by atoms with Crippen LogP contribution in [0.15, 0.2) is 176 Å². The van der Waals surface area contributed by atoms with Crippen LogP contribution in [0.2, 0.25) is 0 Å². The Kier molecular flexibility index (Phi) is 19.3. The van der Waals surface area contributed by atoms with E-state index >= 15 is 0 Å². The molecule has 2 saturated heterocycles. The van der Waals surface area contributed by atoms with Crippen molar-refractivity contribution in [1.29, 1.82) is 0 Å². The number of nitrogens with zero attached hydrogens (tertiary/aromatic N) is 4. The number of benzene rings is 7. The fraction of sp³-hybridized carbons (Fsp3) is 0.213. The van der Waals surface area contributed by atoms with Crippen LogP contribution in [0.25, 0.3) is 0 Å². The summed E-state index contributed by atoms with van der Waals surface area (Å²) < 4.78 is 97.1. The SMILES string of the molecule is O=C(NCC(=O)N1CCN(C(=O)c2ccccc2C(F)(F)F)CC1)c1ccc(Oc2ccc(O)cc2)cc1.O=C(NCC(=O)N1CCN(C(=O)c2ccccc2C(F)(F)F)CC1)c1ccc(Oc2ccc(OCc3ccccc3)cc2)cc1. The summed E-state index contributed by atoms with van der Waals surface area (Å²) in [6.45, 7) is 0.788. The van der Waals surface area contributed by atoms with E-state index < -0.39 is 58.2 Å². The third-order valence-corrected chi connectivity index (χ3v) is 13.2. The molecule has 0 radical (unpaired) electrons. The van der Waals surface area contributed by atoms with Crippen LogP contribution in [-0.2, 0) is 28.5 Å². The zero-order valence-electron chi connectivity index (χ0n) is 44.2. The van der Waals surface area contributed by atoms with Gasteiger partial charge in [-0.15, -0.1) is 0 Å². The molecular weight excluding hydrogens is 1090 g/mol. The van der Waals surface area contributed by atoms with Gasteiger partial charge in [-0.05, 0) is 127 Å². The van der Waals surface area contributed by atoms with E-state index in [0.29, 0.717) is 46.5 Å². The van der Waals surface area contributed by atoms with E-state index in [1.54, 1.807) is 72.8 Å². The predicted molar refractivity (Wildman–Crippen MR) is 291 cm³/mol. The van der Waals surface area contributed by atoms with Gasteiger partial charge in [0.2, 0.25) is 11.8 Å². The summed E-state index contributed by atoms with van der Waals surface area (Å²) in [5, 5.41) is 14.5. The van der Waals surface area contributed by atoms with Crippen LogP contribution in [0.5, 0.6) is 34.5 Å². The molecule has 83 heavy (non-hydrogen) atoms. The molecule has 0 aromatic heterocycles. The van der Waals surface area contributed by atoms with Gasteiger partial charge in [0.25, 0.3) is 23.6 Å². The number of hydrogen-bond donors (Lipinski definition) is 3. The van der Waals surface area contributed by atoms with E-state index in [2.05, 4.69) is 10.6 Å². The molecule has 430 valence electrons. The van der Waals surface area contributed by atoms with Crippen molar-refractivity contribution in [3.8, 4) is 34.5 Å². The fourth-order valence-corrected chi connectivity index (χ4v) is 8.71. The zero-order valence-corrected chi connectivity index (χ0v) is 44.2. The largest absolute Gasteiger partial charge is 0.508 e. The van der Waals surface area contributed by atoms with Crippen molar-refractivity contribution in [1.82, 2.24) is 30.2 Å². The quantitative estimate of drug-likeness (QED) is 0.0835. The number of aromatic hydroxyl groups is 1. The highest BCUT2D eigenvalue weighted by atomic mass is 19.4. The van der Waals surface area contributed by atoms with E-state index in [1.807, 2.05) is 42.5 Å². The lowest BCUT2D eigenvalue weighted by Gasteiger charge is -2.35. The normalized spacial score (nSPS) is 13.4. The Morgan fingerprint density at radius 1 is 0.410 bits per heavy atom. The monoisotopic (exact) mass is 1140 g/mol. The van der Waals surface area contributed by atoms with Crippen molar-refractivity contribution in [3.63, 3.8) is 0 Å². The minimum Gasteiger partial charge on any atom is -0.508 e. The van der Waals surface area contributed by atoms with Gasteiger partial charge in [0.1, 0.15) is 41.1 Å². The highest BCUT2D eigenvalue weighted by molar-refractivity contribution is 5.99. The Bertz CT molecular complexity index is 3370. The second-order valence-corrected chi connectivity index (χ2v) is 18.8. The number of alkyl halides is 6. The van der Waals surface area contributed by atoms with Crippen molar-refractivity contribution in [2.24, 2.45) is 0 Å². The minimum absolute atomic E-state index is 0.0766. The molecule has 16 nitrogen and oxygen atoms in total. The van der Waals surface area contributed by atoms with Gasteiger partial charge in [0, 0.05) is 63.5 Å². The third kappa shape index (κ3) is 16.4. The fourth-order valence-electron chi connectivity index (χ4n) is 8.71. The average Bonchev–Trinajstić information content (AvgIpc) is 3.52. The van der Waals surface area contributed by atoms with Gasteiger partial charge >= 0.3 is 12.4 Å². The molecule has 2 aliphatic rings. The topological polar surface area (TPSA) is 187 Å². The highest BCUT2D eigenvalue weighted by Gasteiger charge is 2.38. The Hall–Kier alpha value is -9.86. The molecule has 0 atom stereocenters. The molecule has 0 unspecified atom stereocenters. The van der Waals surface area contributed by atoms with Crippen molar-refractivity contribution in [2.45, 2.75) is 19.0 Å². The summed E-state index contributed by atoms with van der Waals surface area (Å²) in [5.74, 6) is -0.199. The first-order valence-corrected chi connectivity index (χ1v) is 25.9. The summed E-state index contributed by atoms with van der Waals surface area (Å²) >= 11 is 0. The smallest absolute Gasteiger partial charge is 0.417 e. The van der Waals surface area contributed by atoms with Crippen LogP contribution in [0.4, 0.5) is 26.3 Å². The van der Waals surface area contributed by atoms with Crippen LogP contribution in [0.3, 0.4) is 0 Å². The Balaban J connectivity index is 0.000000220. The van der Waals surface area contributed by atoms with Crippen LogP contribution in [0.1, 0.15) is 58.1 Å². The van der Waals surface area contributed by atoms with Gasteiger partial charge < -0.3 is 49.6 Å². The molecule has 0 bridgehead atoms. The molecule has 2 heterocycles. The maximum atomic E-state index is 13.3. The molecule has 7 aromatic carbocycles. The van der Waals surface area contributed by atoms with E-state index in [1.165, 1.54) is 56.0 Å². The number of halogens is 6. The standard InChI is InChI=1S/C34H30F3N3O5.C27H24F3N3O5/c35-34(36,37)30-9-5-4-8-29(30)33(43)40-20-18-39(19-21-40)31(41)22-38-32(42)25-10-12-27(13-11-25)45-28-16-14-26(15-17-28)44-23-24-6-2-1-3-7-24;28-27(29,30)23-4-2-1-3-22(23)26(37)33-15-13-32(14-16-33)24(35)17-31-25(36)18-5-9-20(10-6-18)38-21-11-7-19(34)8-12-21/h1-17H,18-23H2,(H,38,42);1-12,34H,13-17H2,(H,31,36). The van der Waals surface area contributed by atoms with Crippen LogP contribution in [0, 0.1) is 0 Å². The number of ether oxygens (including phenoxy) is 3. The van der Waals surface area contributed by atoms with Crippen LogP contribution in [-0.4, -0.2) is 126 Å². The van der Waals surface area contributed by atoms with Crippen LogP contribution < -0.4 is 24.8 Å². The Morgan fingerprint density at radius 3 is 1.12 bits per heavy atom. The number of carbonyl (C=O) groups excluding carboxylic acids is 6. The molecule has 6 amide bonds. The van der Waals surface area contributed by atoms with Gasteiger partial charge in [-0.25, -0.2) is 0 Å². The first-order valence-electron chi connectivity index (χ1n) is 25.9. The number of piperazine rings is 2. The zero-order chi connectivity index (χ0) is 59.1. The second kappa shape index (κ2) is 27.1. The number of carbonyl (C=O) groups is 6. The molecule has 2 fully saturated rings. The van der Waals surface area contributed by atoms with Gasteiger partial charge in [-0.1, -0.05) is 54.6 Å². The number of phenols is 1. The summed E-state index contributed by atoms with van der Waals surface area (Å²) in [4.78, 5) is 81.3. The summed E-state index contributed by atoms with van der Waals surface area (Å²) in [7, 11) is 0. The number of rotatable bonds is 15. The lowest BCUT2D eigenvalue weighted by Crippen LogP contribution is -2.52. The summed E-state index contributed by atoms with van der Waals surface area (Å²) in [6.07, 6.45) is -9.30. The van der Waals surface area contributed by atoms with E-state index in [-0.39, 0.29) is 83.0 Å². The van der Waals surface area contributed by atoms with Crippen molar-refractivity contribution in [2.75, 3.05) is 65.4 Å². The number of amides is 6. The lowest BCUT2D eigenvalue weighted by molar-refractivity contribution is -0.138.